The summed E-state index contributed by atoms with van der Waals surface area (Å²) >= 11 is 0. The summed E-state index contributed by atoms with van der Waals surface area (Å²) in [5, 5.41) is 5.38. The molecule has 27 heavy (non-hydrogen) atoms. The van der Waals surface area contributed by atoms with E-state index < -0.39 is 24.7 Å². The monoisotopic (exact) mass is 387 g/mol. The van der Waals surface area contributed by atoms with Crippen molar-refractivity contribution in [3.63, 3.8) is 0 Å². The Bertz CT molecular complexity index is 674. The number of nitrogens with one attached hydrogen (secondary N) is 2. The molecule has 1 fully saturated rings. The normalized spacial score (nSPS) is 16.6. The number of halogens is 3. The lowest BCUT2D eigenvalue weighted by atomic mass is 10.0. The molecular weight excluding hydrogens is 363 g/mol. The van der Waals surface area contributed by atoms with Crippen molar-refractivity contribution in [2.24, 2.45) is 0 Å². The van der Waals surface area contributed by atoms with Crippen LogP contribution in [0.2, 0.25) is 0 Å². The number of ether oxygens (including phenoxy) is 1. The minimum atomic E-state index is -4.43. The Morgan fingerprint density at radius 3 is 2.52 bits per heavy atom. The minimum Gasteiger partial charge on any atom is -0.496 e. The molecule has 1 aromatic carbocycles. The molecule has 1 heterocycles. The lowest BCUT2D eigenvalue weighted by Crippen LogP contribution is -2.57. The van der Waals surface area contributed by atoms with E-state index >= 15 is 0 Å². The molecule has 1 aliphatic heterocycles. The lowest BCUT2D eigenvalue weighted by molar-refractivity contribution is -0.184. The van der Waals surface area contributed by atoms with Gasteiger partial charge in [0.1, 0.15) is 11.8 Å². The van der Waals surface area contributed by atoms with Gasteiger partial charge in [0.15, 0.2) is 5.78 Å². The van der Waals surface area contributed by atoms with E-state index in [0.717, 1.165) is 0 Å². The van der Waals surface area contributed by atoms with Gasteiger partial charge in [-0.3, -0.25) is 14.5 Å². The molecule has 1 atom stereocenters. The van der Waals surface area contributed by atoms with Crippen LogP contribution in [-0.2, 0) is 11.2 Å². The van der Waals surface area contributed by atoms with Crippen molar-refractivity contribution in [2.45, 2.75) is 25.6 Å². The van der Waals surface area contributed by atoms with Crippen molar-refractivity contribution in [3.8, 4) is 5.75 Å². The van der Waals surface area contributed by atoms with Crippen LogP contribution in [-0.4, -0.2) is 68.6 Å². The standard InChI is InChI=1S/C18H24F3N3O3/c1-12(25)13-3-4-15(27-2)14(9-13)10-17(26)23-11-16(18(19,20)21)24-7-5-22-6-8-24/h3-4,9,16,22H,5-8,10-11H2,1-2H3,(H,23,26). The van der Waals surface area contributed by atoms with Crippen molar-refractivity contribution in [1.82, 2.24) is 15.5 Å². The highest BCUT2D eigenvalue weighted by atomic mass is 19.4. The van der Waals surface area contributed by atoms with E-state index in [1.165, 1.54) is 25.0 Å². The van der Waals surface area contributed by atoms with E-state index in [1.54, 1.807) is 12.1 Å². The molecule has 0 radical (unpaired) electrons. The fourth-order valence-electron chi connectivity index (χ4n) is 3.03. The van der Waals surface area contributed by atoms with Gasteiger partial charge in [-0.1, -0.05) is 0 Å². The largest absolute Gasteiger partial charge is 0.496 e. The number of carbonyl (C=O) groups is 2. The summed E-state index contributed by atoms with van der Waals surface area (Å²) < 4.78 is 45.3. The Labute approximate surface area is 156 Å². The second kappa shape index (κ2) is 9.18. The molecule has 2 rings (SSSR count). The maximum Gasteiger partial charge on any atom is 0.405 e. The number of piperazine rings is 1. The van der Waals surface area contributed by atoms with Crippen LogP contribution in [0.3, 0.4) is 0 Å². The predicted octanol–water partition coefficient (Wildman–Crippen LogP) is 1.39. The van der Waals surface area contributed by atoms with Gasteiger partial charge in [0.2, 0.25) is 5.91 Å². The molecule has 6 nitrogen and oxygen atoms in total. The summed E-state index contributed by atoms with van der Waals surface area (Å²) in [7, 11) is 1.42. The maximum atomic E-state index is 13.4. The summed E-state index contributed by atoms with van der Waals surface area (Å²) in [6, 6.07) is 2.94. The first kappa shape index (κ1) is 21.2. The first-order valence-corrected chi connectivity index (χ1v) is 8.68. The summed E-state index contributed by atoms with van der Waals surface area (Å²) in [6.45, 7) is 2.39. The Morgan fingerprint density at radius 2 is 1.96 bits per heavy atom. The summed E-state index contributed by atoms with van der Waals surface area (Å²) in [5.74, 6) is -0.321. The van der Waals surface area contributed by atoms with Crippen LogP contribution >= 0.6 is 0 Å². The third-order valence-electron chi connectivity index (χ3n) is 4.50. The van der Waals surface area contributed by atoms with Gasteiger partial charge in [0.25, 0.3) is 0 Å². The molecule has 1 aromatic rings. The van der Waals surface area contributed by atoms with E-state index in [9.17, 15) is 22.8 Å². The van der Waals surface area contributed by atoms with Gasteiger partial charge in [0.05, 0.1) is 13.5 Å². The van der Waals surface area contributed by atoms with Gasteiger partial charge in [-0.05, 0) is 25.1 Å². The van der Waals surface area contributed by atoms with Crippen LogP contribution in [0.15, 0.2) is 18.2 Å². The molecule has 0 spiro atoms. The molecule has 0 aliphatic carbocycles. The first-order chi connectivity index (χ1) is 12.7. The maximum absolute atomic E-state index is 13.4. The summed E-state index contributed by atoms with van der Waals surface area (Å²) in [4.78, 5) is 25.1. The van der Waals surface area contributed by atoms with Gasteiger partial charge in [-0.25, -0.2) is 0 Å². The molecule has 1 unspecified atom stereocenters. The molecule has 0 bridgehead atoms. The third kappa shape index (κ3) is 5.93. The molecule has 1 aliphatic rings. The molecule has 1 saturated heterocycles. The fraction of sp³-hybridized carbons (Fsp3) is 0.556. The van der Waals surface area contributed by atoms with Crippen LogP contribution in [0.4, 0.5) is 13.2 Å². The van der Waals surface area contributed by atoms with Gasteiger partial charge in [-0.2, -0.15) is 13.2 Å². The zero-order valence-electron chi connectivity index (χ0n) is 15.4. The average Bonchev–Trinajstić information content (AvgIpc) is 2.61. The van der Waals surface area contributed by atoms with E-state index in [1.807, 2.05) is 0 Å². The van der Waals surface area contributed by atoms with Crippen molar-refractivity contribution in [3.05, 3.63) is 29.3 Å². The minimum absolute atomic E-state index is 0.170. The number of methoxy groups -OCH3 is 1. The predicted molar refractivity (Wildman–Crippen MR) is 94.0 cm³/mol. The number of carbonyl (C=O) groups excluding carboxylic acids is 2. The molecule has 0 saturated carbocycles. The number of ketones is 1. The highest BCUT2D eigenvalue weighted by Gasteiger charge is 2.43. The van der Waals surface area contributed by atoms with Gasteiger partial charge < -0.3 is 15.4 Å². The molecule has 0 aromatic heterocycles. The van der Waals surface area contributed by atoms with Crippen molar-refractivity contribution in [2.75, 3.05) is 39.8 Å². The summed E-state index contributed by atoms with van der Waals surface area (Å²) in [6.07, 6.45) is -4.60. The zero-order chi connectivity index (χ0) is 20.0. The molecule has 150 valence electrons. The third-order valence-corrected chi connectivity index (χ3v) is 4.50. The van der Waals surface area contributed by atoms with Crippen molar-refractivity contribution < 1.29 is 27.5 Å². The Balaban J connectivity index is 2.03. The highest BCUT2D eigenvalue weighted by Crippen LogP contribution is 2.25. The number of benzene rings is 1. The second-order valence-electron chi connectivity index (χ2n) is 6.41. The van der Waals surface area contributed by atoms with E-state index in [4.69, 9.17) is 4.74 Å². The van der Waals surface area contributed by atoms with Crippen molar-refractivity contribution >= 4 is 11.7 Å². The SMILES string of the molecule is COc1ccc(C(C)=O)cc1CC(=O)NCC(N1CCNCC1)C(F)(F)F. The van der Waals surface area contributed by atoms with Gasteiger partial charge in [-0.15, -0.1) is 0 Å². The smallest absolute Gasteiger partial charge is 0.405 e. The van der Waals surface area contributed by atoms with Crippen LogP contribution in [0.25, 0.3) is 0 Å². The Hall–Kier alpha value is -2.13. The number of Topliss-reactive ketones (excluding diaryl/α,β-unsaturated/α-hetero) is 1. The van der Waals surface area contributed by atoms with E-state index in [-0.39, 0.29) is 25.3 Å². The second-order valence-corrected chi connectivity index (χ2v) is 6.41. The fourth-order valence-corrected chi connectivity index (χ4v) is 3.03. The molecule has 9 heteroatoms. The van der Waals surface area contributed by atoms with Gasteiger partial charge >= 0.3 is 6.18 Å². The molecule has 2 N–H and O–H groups in total. The quantitative estimate of drug-likeness (QED) is 0.692. The number of hydrogen-bond acceptors (Lipinski definition) is 5. The Morgan fingerprint density at radius 1 is 1.30 bits per heavy atom. The average molecular weight is 387 g/mol. The first-order valence-electron chi connectivity index (χ1n) is 8.68. The van der Waals surface area contributed by atoms with Crippen LogP contribution < -0.4 is 15.4 Å². The zero-order valence-corrected chi connectivity index (χ0v) is 15.4. The van der Waals surface area contributed by atoms with Crippen LogP contribution in [0, 0.1) is 0 Å². The number of rotatable bonds is 7. The van der Waals surface area contributed by atoms with Gasteiger partial charge in [0, 0.05) is 43.9 Å². The van der Waals surface area contributed by atoms with Crippen LogP contribution in [0.1, 0.15) is 22.8 Å². The number of hydrogen-bond donors (Lipinski definition) is 2. The number of amides is 1. The van der Waals surface area contributed by atoms with E-state index in [2.05, 4.69) is 10.6 Å². The topological polar surface area (TPSA) is 70.7 Å². The van der Waals surface area contributed by atoms with Crippen molar-refractivity contribution in [1.29, 1.82) is 0 Å². The molecule has 1 amide bonds. The molecular formula is C18H24F3N3O3. The summed E-state index contributed by atoms with van der Waals surface area (Å²) in [5.41, 5.74) is 0.862. The lowest BCUT2D eigenvalue weighted by Gasteiger charge is -2.35. The highest BCUT2D eigenvalue weighted by molar-refractivity contribution is 5.94. The van der Waals surface area contributed by atoms with E-state index in [0.29, 0.717) is 30.0 Å². The number of nitrogens with zero attached hydrogens (tertiary/aromatic N) is 1. The van der Waals surface area contributed by atoms with Crippen LogP contribution in [0.5, 0.6) is 5.75 Å². The number of alkyl halides is 3. The Kier molecular flexibility index (Phi) is 7.20.